The van der Waals surface area contributed by atoms with Gasteiger partial charge in [0.15, 0.2) is 12.4 Å². The maximum absolute atomic E-state index is 13.3. The first-order valence-corrected chi connectivity index (χ1v) is 27.7. The third-order valence-electron chi connectivity index (χ3n) is 12.3. The van der Waals surface area contributed by atoms with Crippen LogP contribution in [-0.2, 0) is 23.8 Å². The molecule has 1 aliphatic rings. The molecule has 0 saturated carbocycles. The van der Waals surface area contributed by atoms with Gasteiger partial charge in [-0.05, 0) is 89.9 Å². The molecule has 1 fully saturated rings. The number of rotatable bonds is 44. The summed E-state index contributed by atoms with van der Waals surface area (Å²) in [6, 6.07) is -1.06. The quantitative estimate of drug-likeness (QED) is 0.0149. The summed E-state index contributed by atoms with van der Waals surface area (Å²) in [4.78, 5) is 26.4. The molecule has 0 radical (unpaired) electrons. The van der Waals surface area contributed by atoms with Gasteiger partial charge in [-0.2, -0.15) is 0 Å². The summed E-state index contributed by atoms with van der Waals surface area (Å²) in [6.07, 6.45) is 52.8. The van der Waals surface area contributed by atoms with Crippen LogP contribution in [0.2, 0.25) is 0 Å². The number of carbonyl (C=O) groups excluding carboxylic acids is 2. The van der Waals surface area contributed by atoms with E-state index < -0.39 is 67.4 Å². The van der Waals surface area contributed by atoms with E-state index in [9.17, 15) is 35.1 Å². The van der Waals surface area contributed by atoms with Crippen LogP contribution in [0.5, 0.6) is 0 Å². The van der Waals surface area contributed by atoms with Crippen molar-refractivity contribution in [3.8, 4) is 0 Å². The zero-order valence-corrected chi connectivity index (χ0v) is 44.3. The number of ether oxygens (including phenoxy) is 3. The van der Waals surface area contributed by atoms with Gasteiger partial charge in [-0.25, -0.2) is 0 Å². The van der Waals surface area contributed by atoms with Crippen molar-refractivity contribution in [3.63, 3.8) is 0 Å². The summed E-state index contributed by atoms with van der Waals surface area (Å²) in [6.45, 7) is 5.52. The molecule has 1 rings (SSSR count). The highest BCUT2D eigenvalue weighted by Crippen LogP contribution is 2.26. The lowest BCUT2D eigenvalue weighted by Crippen LogP contribution is -2.61. The molecule has 0 aliphatic carbocycles. The monoisotopic (exact) mass is 994 g/mol. The van der Waals surface area contributed by atoms with Crippen LogP contribution in [0, 0.1) is 0 Å². The Morgan fingerprint density at radius 1 is 0.577 bits per heavy atom. The number of aliphatic hydroxyl groups is 5. The second kappa shape index (κ2) is 47.3. The van der Waals surface area contributed by atoms with E-state index in [4.69, 9.17) is 14.2 Å². The van der Waals surface area contributed by atoms with Gasteiger partial charge in [-0.1, -0.05) is 207 Å². The number of carbonyl (C=O) groups is 2. The molecule has 0 aromatic rings. The summed E-state index contributed by atoms with van der Waals surface area (Å²) >= 11 is 0. The maximum atomic E-state index is 13.3. The molecule has 0 spiro atoms. The molecule has 71 heavy (non-hydrogen) atoms. The largest absolute Gasteiger partial charge is 0.454 e. The maximum Gasteiger partial charge on any atom is 0.306 e. The molecule has 0 bridgehead atoms. The van der Waals surface area contributed by atoms with Crippen molar-refractivity contribution in [3.05, 3.63) is 109 Å². The van der Waals surface area contributed by atoms with E-state index in [1.54, 1.807) is 6.08 Å². The molecule has 0 aromatic heterocycles. The number of esters is 1. The van der Waals surface area contributed by atoms with Gasteiger partial charge in [0.25, 0.3) is 0 Å². The normalized spacial score (nSPS) is 20.5. The summed E-state index contributed by atoms with van der Waals surface area (Å²) in [5, 5.41) is 56.6. The van der Waals surface area contributed by atoms with Crippen LogP contribution in [-0.4, -0.2) is 99.6 Å². The van der Waals surface area contributed by atoms with E-state index in [2.05, 4.69) is 80.8 Å². The zero-order valence-electron chi connectivity index (χ0n) is 44.3. The lowest BCUT2D eigenvalue weighted by atomic mass is 9.99. The number of aliphatic hydroxyl groups excluding tert-OH is 5. The molecule has 1 aliphatic heterocycles. The second-order valence-corrected chi connectivity index (χ2v) is 18.7. The minimum Gasteiger partial charge on any atom is -0.454 e. The van der Waals surface area contributed by atoms with Gasteiger partial charge < -0.3 is 45.1 Å². The molecular formula is C60H99NO10. The van der Waals surface area contributed by atoms with Crippen molar-refractivity contribution in [2.24, 2.45) is 0 Å². The Morgan fingerprint density at radius 3 is 1.68 bits per heavy atom. The van der Waals surface area contributed by atoms with Gasteiger partial charge in [0.1, 0.15) is 24.4 Å². The highest BCUT2D eigenvalue weighted by Gasteiger charge is 2.47. The van der Waals surface area contributed by atoms with Crippen molar-refractivity contribution in [1.82, 2.24) is 5.32 Å². The standard InChI is InChI=1S/C60H99NO10/c1-4-7-10-13-16-19-22-24-25-26-27-28-29-30-33-36-39-42-45-48-55(65)71-58-57(67)56(66)54(49-62)70-60(58)69-50-51(52(63)46-43-40-37-34-31-21-18-15-12-9-6-3)61-59(68)53(64)47-44-41-38-35-32-23-20-17-14-11-8-5-2/h8,11,14,16-17,19-20,23-25,27-28,30,32-33,35,43,46,51-54,56-58,60,62-64,66-67H,4-7,9-10,12-13,15,18,21-22,26,29,31,34,36-42,44-45,47-50H2,1-3H3,(H,61,68)/b11-8+,17-14+,19-16-,23-20-,25-24-,28-27-,33-30-,35-32-,46-43+. The molecule has 1 saturated heterocycles. The average Bonchev–Trinajstić information content (AvgIpc) is 3.37. The minimum atomic E-state index is -1.64. The number of allylic oxidation sites excluding steroid dienone is 17. The first-order chi connectivity index (χ1) is 34.7. The van der Waals surface area contributed by atoms with E-state index in [1.165, 1.54) is 57.8 Å². The smallest absolute Gasteiger partial charge is 0.306 e. The average molecular weight is 994 g/mol. The number of hydrogen-bond donors (Lipinski definition) is 6. The minimum absolute atomic E-state index is 0.0747. The Hall–Kier alpha value is -3.68. The van der Waals surface area contributed by atoms with Crippen LogP contribution in [0.25, 0.3) is 0 Å². The van der Waals surface area contributed by atoms with Crippen LogP contribution in [0.4, 0.5) is 0 Å². The molecule has 8 atom stereocenters. The highest BCUT2D eigenvalue weighted by molar-refractivity contribution is 5.80. The Bertz CT molecular complexity index is 1560. The fraction of sp³-hybridized carbons (Fsp3) is 0.667. The summed E-state index contributed by atoms with van der Waals surface area (Å²) in [5.74, 6) is -1.28. The molecule has 1 heterocycles. The van der Waals surface area contributed by atoms with Crippen LogP contribution >= 0.6 is 0 Å². The summed E-state index contributed by atoms with van der Waals surface area (Å²) < 4.78 is 17.5. The molecule has 11 heteroatoms. The summed E-state index contributed by atoms with van der Waals surface area (Å²) in [5.41, 5.74) is 0. The summed E-state index contributed by atoms with van der Waals surface area (Å²) in [7, 11) is 0. The van der Waals surface area contributed by atoms with Gasteiger partial charge >= 0.3 is 5.97 Å². The number of nitrogens with one attached hydrogen (secondary N) is 1. The third-order valence-corrected chi connectivity index (χ3v) is 12.3. The van der Waals surface area contributed by atoms with Crippen molar-refractivity contribution in [2.75, 3.05) is 13.2 Å². The fourth-order valence-corrected chi connectivity index (χ4v) is 7.82. The van der Waals surface area contributed by atoms with Gasteiger partial charge in [-0.15, -0.1) is 0 Å². The third kappa shape index (κ3) is 36.0. The molecular weight excluding hydrogens is 895 g/mol. The first-order valence-electron chi connectivity index (χ1n) is 27.7. The molecule has 1 amide bonds. The van der Waals surface area contributed by atoms with E-state index in [-0.39, 0.29) is 19.4 Å². The predicted octanol–water partition coefficient (Wildman–Crippen LogP) is 12.2. The van der Waals surface area contributed by atoms with Gasteiger partial charge in [-0.3, -0.25) is 9.59 Å². The Balaban J connectivity index is 2.77. The van der Waals surface area contributed by atoms with Crippen molar-refractivity contribution in [2.45, 2.75) is 243 Å². The Kier molecular flexibility index (Phi) is 43.6. The molecule has 0 aromatic carbocycles. The van der Waals surface area contributed by atoms with Crippen LogP contribution in [0.3, 0.4) is 0 Å². The van der Waals surface area contributed by atoms with Gasteiger partial charge in [0.2, 0.25) is 5.91 Å². The Morgan fingerprint density at radius 2 is 1.07 bits per heavy atom. The van der Waals surface area contributed by atoms with Crippen molar-refractivity contribution in [1.29, 1.82) is 0 Å². The SMILES string of the molecule is CC/C=C/C=C/C=C\C=C/CCCCC(O)C(=O)NC(COC1OC(CO)C(O)C(O)C1OC(=O)CCCCC/C=C\C/C=C\C/C=C\C/C=C\CCCCC)C(O)/C=C/CCCCCCCCCCC. The highest BCUT2D eigenvalue weighted by atomic mass is 16.7. The van der Waals surface area contributed by atoms with E-state index in [1.807, 2.05) is 48.6 Å². The topological polar surface area (TPSA) is 175 Å². The van der Waals surface area contributed by atoms with E-state index >= 15 is 0 Å². The van der Waals surface area contributed by atoms with Gasteiger partial charge in [0, 0.05) is 6.42 Å². The zero-order chi connectivity index (χ0) is 51.8. The molecule has 8 unspecified atom stereocenters. The second-order valence-electron chi connectivity index (χ2n) is 18.7. The molecule has 11 nitrogen and oxygen atoms in total. The molecule has 404 valence electrons. The van der Waals surface area contributed by atoms with Gasteiger partial charge in [0.05, 0.1) is 25.4 Å². The number of unbranched alkanes of at least 4 members (excludes halogenated alkanes) is 17. The fourth-order valence-electron chi connectivity index (χ4n) is 7.82. The van der Waals surface area contributed by atoms with Crippen molar-refractivity contribution < 1.29 is 49.3 Å². The molecule has 6 N–H and O–H groups in total. The van der Waals surface area contributed by atoms with E-state index in [0.29, 0.717) is 12.8 Å². The predicted molar refractivity (Wildman–Crippen MR) is 291 cm³/mol. The lowest BCUT2D eigenvalue weighted by Gasteiger charge is -2.41. The van der Waals surface area contributed by atoms with Crippen molar-refractivity contribution >= 4 is 11.9 Å². The lowest BCUT2D eigenvalue weighted by molar-refractivity contribution is -0.305. The van der Waals surface area contributed by atoms with Crippen LogP contribution < -0.4 is 5.32 Å². The van der Waals surface area contributed by atoms with Crippen LogP contribution in [0.15, 0.2) is 109 Å². The van der Waals surface area contributed by atoms with E-state index in [0.717, 1.165) is 89.9 Å². The number of amides is 1. The van der Waals surface area contributed by atoms with Crippen LogP contribution in [0.1, 0.15) is 194 Å². The Labute approximate surface area is 430 Å². The number of hydrogen-bond acceptors (Lipinski definition) is 10. The first kappa shape index (κ1) is 65.3.